The molecular formula is C23H20Pt. The summed E-state index contributed by atoms with van der Waals surface area (Å²) in [6, 6.07) is 33.4. The zero-order valence-corrected chi connectivity index (χ0v) is 15.6. The van der Waals surface area contributed by atoms with Crippen LogP contribution in [-0.4, -0.2) is 0 Å². The molecule has 0 unspecified atom stereocenters. The molecule has 0 nitrogen and oxygen atoms in total. The van der Waals surface area contributed by atoms with Crippen LogP contribution in [0.1, 0.15) is 0 Å². The first-order chi connectivity index (χ1) is 11.9. The second-order valence-electron chi connectivity index (χ2n) is 5.46. The van der Waals surface area contributed by atoms with Crippen LogP contribution in [0.15, 0.2) is 115 Å². The number of hydrogen-bond acceptors (Lipinski definition) is 0. The number of allylic oxidation sites excluding steroid dienone is 4. The summed E-state index contributed by atoms with van der Waals surface area (Å²) in [6.45, 7) is 0. The van der Waals surface area contributed by atoms with Gasteiger partial charge in [-0.05, 0) is 0 Å². The Morgan fingerprint density at radius 3 is 1.12 bits per heavy atom. The number of hydrogen-bond donors (Lipinski definition) is 0. The Bertz CT molecular complexity index is 740. The standard InChI is InChI=1S/3C6H5.C5H5.Pt/c3*1-2-4-6-5-3-1;1-2-4-5-3-1;/h3*1-5H;1-5H;. The van der Waals surface area contributed by atoms with Crippen LogP contribution in [0.2, 0.25) is 4.31 Å². The molecule has 1 heteroatoms. The molecule has 0 aliphatic heterocycles. The Balaban J connectivity index is 2.07. The van der Waals surface area contributed by atoms with Gasteiger partial charge in [-0.15, -0.1) is 0 Å². The average molecular weight is 491 g/mol. The van der Waals surface area contributed by atoms with E-state index in [1.165, 1.54) is 11.9 Å². The summed E-state index contributed by atoms with van der Waals surface area (Å²) in [5, 5.41) is 0. The van der Waals surface area contributed by atoms with Gasteiger partial charge in [0.05, 0.1) is 0 Å². The summed E-state index contributed by atoms with van der Waals surface area (Å²) in [5.41, 5.74) is 0. The van der Waals surface area contributed by atoms with Gasteiger partial charge in [-0.3, -0.25) is 0 Å². The second-order valence-corrected chi connectivity index (χ2v) is 14.6. The van der Waals surface area contributed by atoms with Crippen molar-refractivity contribution >= 4 is 11.9 Å². The summed E-state index contributed by atoms with van der Waals surface area (Å²) in [7, 11) is 0. The van der Waals surface area contributed by atoms with E-state index in [4.69, 9.17) is 0 Å². The van der Waals surface area contributed by atoms with Crippen molar-refractivity contribution in [3.63, 3.8) is 0 Å². The Morgan fingerprint density at radius 1 is 0.458 bits per heavy atom. The molecule has 0 amide bonds. The topological polar surface area (TPSA) is 0 Å². The molecule has 3 aromatic rings. The third-order valence-electron chi connectivity index (χ3n) is 4.00. The molecule has 0 heterocycles. The van der Waals surface area contributed by atoms with E-state index in [1.54, 1.807) is 0 Å². The van der Waals surface area contributed by atoms with Crippen molar-refractivity contribution in [2.24, 2.45) is 0 Å². The first-order valence-electron chi connectivity index (χ1n) is 8.06. The molecule has 1 aliphatic rings. The van der Waals surface area contributed by atoms with Crippen LogP contribution in [0, 0.1) is 0 Å². The third kappa shape index (κ3) is 2.52. The summed E-state index contributed by atoms with van der Waals surface area (Å²) < 4.78 is 4.99. The van der Waals surface area contributed by atoms with E-state index in [2.05, 4.69) is 115 Å². The van der Waals surface area contributed by atoms with Gasteiger partial charge in [0.1, 0.15) is 0 Å². The number of benzene rings is 3. The van der Waals surface area contributed by atoms with Crippen molar-refractivity contribution in [3.05, 3.63) is 115 Å². The van der Waals surface area contributed by atoms with Gasteiger partial charge >= 0.3 is 148 Å². The Hall–Kier alpha value is -2.17. The van der Waals surface area contributed by atoms with Crippen LogP contribution in [0.3, 0.4) is 0 Å². The van der Waals surface area contributed by atoms with E-state index in [0.29, 0.717) is 4.31 Å². The molecule has 122 valence electrons. The van der Waals surface area contributed by atoms with Gasteiger partial charge in [0.15, 0.2) is 0 Å². The van der Waals surface area contributed by atoms with Crippen molar-refractivity contribution in [1.82, 2.24) is 0 Å². The van der Waals surface area contributed by atoms with E-state index >= 15 is 0 Å². The van der Waals surface area contributed by atoms with Crippen LogP contribution in [0.5, 0.6) is 0 Å². The molecule has 0 atom stereocenters. The maximum atomic E-state index is 2.39. The molecule has 0 saturated heterocycles. The zero-order valence-electron chi connectivity index (χ0n) is 13.4. The van der Waals surface area contributed by atoms with Gasteiger partial charge in [-0.25, -0.2) is 0 Å². The molecule has 0 fully saturated rings. The third-order valence-corrected chi connectivity index (χ3v) is 15.6. The maximum absolute atomic E-state index is 2.75. The van der Waals surface area contributed by atoms with Crippen molar-refractivity contribution in [1.29, 1.82) is 0 Å². The first-order valence-corrected chi connectivity index (χ1v) is 12.8. The summed E-state index contributed by atoms with van der Waals surface area (Å²) >= 11 is -2.75. The molecule has 0 radical (unpaired) electrons. The molecule has 4 rings (SSSR count). The fourth-order valence-electron chi connectivity index (χ4n) is 2.96. The van der Waals surface area contributed by atoms with E-state index < -0.39 is 16.1 Å². The van der Waals surface area contributed by atoms with E-state index in [1.807, 2.05) is 0 Å². The van der Waals surface area contributed by atoms with Gasteiger partial charge in [-0.1, -0.05) is 0 Å². The molecule has 0 saturated carbocycles. The minimum atomic E-state index is -2.75. The summed E-state index contributed by atoms with van der Waals surface area (Å²) in [6.07, 6.45) is 9.20. The summed E-state index contributed by atoms with van der Waals surface area (Å²) in [5.74, 6) is 0. The van der Waals surface area contributed by atoms with Crippen LogP contribution in [0.25, 0.3) is 0 Å². The first kappa shape index (κ1) is 15.4. The van der Waals surface area contributed by atoms with Gasteiger partial charge in [0, 0.05) is 0 Å². The zero-order chi connectivity index (χ0) is 16.2. The minimum absolute atomic E-state index is 0.477. The predicted octanol–water partition coefficient (Wildman–Crippen LogP) is 4.03. The second kappa shape index (κ2) is 6.75. The van der Waals surface area contributed by atoms with Gasteiger partial charge in [0.2, 0.25) is 0 Å². The van der Waals surface area contributed by atoms with Crippen molar-refractivity contribution in [2.45, 2.75) is 4.31 Å². The van der Waals surface area contributed by atoms with Gasteiger partial charge < -0.3 is 0 Å². The fraction of sp³-hybridized carbons (Fsp3) is 0.0435. The molecule has 24 heavy (non-hydrogen) atoms. The van der Waals surface area contributed by atoms with Gasteiger partial charge in [-0.2, -0.15) is 0 Å². The average Bonchev–Trinajstić information content (AvgIpc) is 3.20. The van der Waals surface area contributed by atoms with Crippen molar-refractivity contribution in [3.8, 4) is 0 Å². The quantitative estimate of drug-likeness (QED) is 0.517. The molecular weight excluding hydrogens is 471 g/mol. The van der Waals surface area contributed by atoms with E-state index in [-0.39, 0.29) is 0 Å². The Morgan fingerprint density at radius 2 is 0.792 bits per heavy atom. The molecule has 0 N–H and O–H groups in total. The van der Waals surface area contributed by atoms with Crippen molar-refractivity contribution in [2.75, 3.05) is 0 Å². The monoisotopic (exact) mass is 491 g/mol. The Kier molecular flexibility index (Phi) is 4.32. The summed E-state index contributed by atoms with van der Waals surface area (Å²) in [4.78, 5) is 0. The van der Waals surface area contributed by atoms with Crippen LogP contribution in [0.4, 0.5) is 0 Å². The molecule has 3 aromatic carbocycles. The Labute approximate surface area is 147 Å². The van der Waals surface area contributed by atoms with Crippen molar-refractivity contribution < 1.29 is 16.1 Å². The van der Waals surface area contributed by atoms with Gasteiger partial charge in [0.25, 0.3) is 0 Å². The predicted molar refractivity (Wildman–Crippen MR) is 100 cm³/mol. The van der Waals surface area contributed by atoms with Crippen LogP contribution >= 0.6 is 0 Å². The van der Waals surface area contributed by atoms with E-state index in [0.717, 1.165) is 0 Å². The van der Waals surface area contributed by atoms with E-state index in [9.17, 15) is 0 Å². The van der Waals surface area contributed by atoms with Crippen LogP contribution < -0.4 is 11.9 Å². The molecule has 0 aromatic heterocycles. The molecule has 0 spiro atoms. The number of rotatable bonds is 4. The molecule has 1 aliphatic carbocycles. The molecule has 0 bridgehead atoms. The SMILES string of the molecule is C1=C[CH]([Pt]([c]2ccccc2)([c]2ccccc2)[c]2ccccc2)C=C1. The van der Waals surface area contributed by atoms with Crippen LogP contribution in [-0.2, 0) is 16.1 Å². The fourth-order valence-corrected chi connectivity index (χ4v) is 14.6. The normalized spacial score (nSPS) is 14.8.